The summed E-state index contributed by atoms with van der Waals surface area (Å²) < 4.78 is 4.77. The molecule has 138 valence electrons. The first-order valence-electron chi connectivity index (χ1n) is 8.99. The van der Waals surface area contributed by atoms with Gasteiger partial charge in [0, 0.05) is 0 Å². The molecular formula is C20H34O4. The summed E-state index contributed by atoms with van der Waals surface area (Å²) in [4.78, 5) is 22.7. The molecule has 4 nitrogen and oxygen atoms in total. The van der Waals surface area contributed by atoms with Gasteiger partial charge in [0.15, 0.2) is 0 Å². The fourth-order valence-corrected chi connectivity index (χ4v) is 2.87. The molecule has 0 aromatic carbocycles. The summed E-state index contributed by atoms with van der Waals surface area (Å²) in [5, 5.41) is 0. The average Bonchev–Trinajstić information content (AvgIpc) is 2.53. The van der Waals surface area contributed by atoms with Crippen LogP contribution in [0.5, 0.6) is 0 Å². The van der Waals surface area contributed by atoms with Crippen molar-refractivity contribution >= 4 is 5.97 Å². The lowest BCUT2D eigenvalue weighted by Crippen LogP contribution is -2.41. The van der Waals surface area contributed by atoms with E-state index in [2.05, 4.69) is 39.8 Å². The van der Waals surface area contributed by atoms with Gasteiger partial charge >= 0.3 is 5.97 Å². The summed E-state index contributed by atoms with van der Waals surface area (Å²) in [5.74, 6) is -0.543. The summed E-state index contributed by atoms with van der Waals surface area (Å²) in [6.45, 7) is 10.4. The van der Waals surface area contributed by atoms with Crippen molar-refractivity contribution in [2.24, 2.45) is 5.92 Å². The minimum atomic E-state index is -0.295. The SMILES string of the molecule is COC(=O)C(C)C1CCC(C)(CCC=C(C)CCC=C(C)C)OO1. The van der Waals surface area contributed by atoms with Crippen LogP contribution in [0.3, 0.4) is 0 Å². The van der Waals surface area contributed by atoms with Crippen LogP contribution in [0.4, 0.5) is 0 Å². The molecule has 0 amide bonds. The Morgan fingerprint density at radius 1 is 1.29 bits per heavy atom. The molecule has 1 fully saturated rings. The van der Waals surface area contributed by atoms with Crippen LogP contribution in [0, 0.1) is 5.92 Å². The van der Waals surface area contributed by atoms with Gasteiger partial charge < -0.3 is 4.74 Å². The fraction of sp³-hybridized carbons (Fsp3) is 0.750. The van der Waals surface area contributed by atoms with Gasteiger partial charge in [-0.2, -0.15) is 0 Å². The number of allylic oxidation sites excluding steroid dienone is 4. The first-order valence-corrected chi connectivity index (χ1v) is 8.99. The molecule has 1 aliphatic heterocycles. The number of carbonyl (C=O) groups is 1. The number of carbonyl (C=O) groups excluding carboxylic acids is 1. The van der Waals surface area contributed by atoms with Crippen molar-refractivity contribution in [3.05, 3.63) is 23.3 Å². The minimum absolute atomic E-state index is 0.216. The van der Waals surface area contributed by atoms with E-state index in [-0.39, 0.29) is 23.6 Å². The van der Waals surface area contributed by atoms with Crippen LogP contribution in [0.15, 0.2) is 23.3 Å². The van der Waals surface area contributed by atoms with E-state index in [0.29, 0.717) is 0 Å². The number of rotatable bonds is 8. The van der Waals surface area contributed by atoms with Gasteiger partial charge in [0.25, 0.3) is 0 Å². The van der Waals surface area contributed by atoms with E-state index in [9.17, 15) is 4.79 Å². The Bertz CT molecular complexity index is 452. The van der Waals surface area contributed by atoms with E-state index in [1.807, 2.05) is 6.92 Å². The van der Waals surface area contributed by atoms with Gasteiger partial charge in [0.05, 0.1) is 13.0 Å². The van der Waals surface area contributed by atoms with Gasteiger partial charge in [-0.25, -0.2) is 9.78 Å². The Balaban J connectivity index is 2.36. The van der Waals surface area contributed by atoms with Gasteiger partial charge in [0.2, 0.25) is 0 Å². The highest BCUT2D eigenvalue weighted by atomic mass is 17.2. The zero-order valence-corrected chi connectivity index (χ0v) is 16.2. The minimum Gasteiger partial charge on any atom is -0.469 e. The number of hydrogen-bond acceptors (Lipinski definition) is 4. The van der Waals surface area contributed by atoms with Gasteiger partial charge in [-0.15, -0.1) is 0 Å². The molecular weight excluding hydrogens is 304 g/mol. The molecule has 1 saturated heterocycles. The van der Waals surface area contributed by atoms with Gasteiger partial charge in [0.1, 0.15) is 11.7 Å². The number of esters is 1. The van der Waals surface area contributed by atoms with Gasteiger partial charge in [-0.05, 0) is 73.1 Å². The highest BCUT2D eigenvalue weighted by Crippen LogP contribution is 2.33. The monoisotopic (exact) mass is 338 g/mol. The Morgan fingerprint density at radius 2 is 2.00 bits per heavy atom. The van der Waals surface area contributed by atoms with Gasteiger partial charge in [-0.1, -0.05) is 23.3 Å². The second-order valence-electron chi connectivity index (χ2n) is 7.43. The molecule has 0 spiro atoms. The number of ether oxygens (including phenoxy) is 1. The number of methoxy groups -OCH3 is 1. The van der Waals surface area contributed by atoms with Crippen LogP contribution < -0.4 is 0 Å². The van der Waals surface area contributed by atoms with E-state index < -0.39 is 0 Å². The summed E-state index contributed by atoms with van der Waals surface area (Å²) in [6, 6.07) is 0. The fourth-order valence-electron chi connectivity index (χ4n) is 2.87. The maximum absolute atomic E-state index is 11.6. The molecule has 0 aliphatic carbocycles. The second kappa shape index (κ2) is 10.00. The van der Waals surface area contributed by atoms with E-state index in [4.69, 9.17) is 14.5 Å². The van der Waals surface area contributed by atoms with E-state index in [1.54, 1.807) is 0 Å². The zero-order valence-electron chi connectivity index (χ0n) is 16.2. The van der Waals surface area contributed by atoms with Crippen LogP contribution >= 0.6 is 0 Å². The molecule has 0 bridgehead atoms. The zero-order chi connectivity index (χ0) is 18.2. The summed E-state index contributed by atoms with van der Waals surface area (Å²) in [7, 11) is 1.40. The molecule has 0 radical (unpaired) electrons. The Labute approximate surface area is 147 Å². The Morgan fingerprint density at radius 3 is 2.54 bits per heavy atom. The Kier molecular flexibility index (Phi) is 8.71. The summed E-state index contributed by atoms with van der Waals surface area (Å²) in [6.07, 6.45) is 10.2. The Hall–Kier alpha value is -1.13. The maximum Gasteiger partial charge on any atom is 0.311 e. The lowest BCUT2D eigenvalue weighted by molar-refractivity contribution is -0.411. The third-order valence-electron chi connectivity index (χ3n) is 4.72. The first-order chi connectivity index (χ1) is 11.3. The topological polar surface area (TPSA) is 44.8 Å². The lowest BCUT2D eigenvalue weighted by atomic mass is 9.88. The lowest BCUT2D eigenvalue weighted by Gasteiger charge is -2.37. The molecule has 0 N–H and O–H groups in total. The molecule has 0 saturated carbocycles. The highest BCUT2D eigenvalue weighted by molar-refractivity contribution is 5.72. The largest absolute Gasteiger partial charge is 0.469 e. The standard InChI is InChI=1S/C20H34O4/c1-15(2)9-7-10-16(3)11-8-13-20(5)14-12-18(23-24-20)17(4)19(21)22-6/h9,11,17-18H,7-8,10,12-14H2,1-6H3. The van der Waals surface area contributed by atoms with Crippen LogP contribution in [0.25, 0.3) is 0 Å². The van der Waals surface area contributed by atoms with Gasteiger partial charge in [-0.3, -0.25) is 4.79 Å². The van der Waals surface area contributed by atoms with Crippen molar-refractivity contribution in [3.8, 4) is 0 Å². The van der Waals surface area contributed by atoms with Crippen molar-refractivity contribution in [3.63, 3.8) is 0 Å². The third-order valence-corrected chi connectivity index (χ3v) is 4.72. The molecule has 3 unspecified atom stereocenters. The molecule has 4 heteroatoms. The molecule has 1 rings (SSSR count). The highest BCUT2D eigenvalue weighted by Gasteiger charge is 2.37. The van der Waals surface area contributed by atoms with Crippen molar-refractivity contribution < 1.29 is 19.3 Å². The quantitative estimate of drug-likeness (QED) is 0.349. The second-order valence-corrected chi connectivity index (χ2v) is 7.43. The summed E-state index contributed by atoms with van der Waals surface area (Å²) >= 11 is 0. The molecule has 3 atom stereocenters. The third kappa shape index (κ3) is 7.18. The molecule has 0 aromatic rings. The van der Waals surface area contributed by atoms with Crippen LogP contribution in [-0.2, 0) is 19.3 Å². The van der Waals surface area contributed by atoms with Crippen molar-refractivity contribution in [2.45, 2.75) is 84.8 Å². The van der Waals surface area contributed by atoms with Crippen molar-refractivity contribution in [2.75, 3.05) is 7.11 Å². The van der Waals surface area contributed by atoms with Crippen molar-refractivity contribution in [1.82, 2.24) is 0 Å². The predicted molar refractivity (Wildman–Crippen MR) is 96.4 cm³/mol. The van der Waals surface area contributed by atoms with Crippen LogP contribution in [0.2, 0.25) is 0 Å². The average molecular weight is 338 g/mol. The predicted octanol–water partition coefficient (Wildman–Crippen LogP) is 5.14. The normalized spacial score (nSPS) is 25.9. The number of hydrogen-bond donors (Lipinski definition) is 0. The van der Waals surface area contributed by atoms with Crippen LogP contribution in [-0.4, -0.2) is 24.8 Å². The molecule has 1 heterocycles. The molecule has 24 heavy (non-hydrogen) atoms. The summed E-state index contributed by atoms with van der Waals surface area (Å²) in [5.41, 5.74) is 2.52. The maximum atomic E-state index is 11.6. The van der Waals surface area contributed by atoms with E-state index in [1.165, 1.54) is 18.3 Å². The first kappa shape index (κ1) is 20.9. The van der Waals surface area contributed by atoms with E-state index >= 15 is 0 Å². The molecule has 1 aliphatic rings. The molecule has 0 aromatic heterocycles. The van der Waals surface area contributed by atoms with Crippen LogP contribution in [0.1, 0.15) is 73.1 Å². The van der Waals surface area contributed by atoms with Crippen molar-refractivity contribution in [1.29, 1.82) is 0 Å². The van der Waals surface area contributed by atoms with E-state index in [0.717, 1.165) is 38.5 Å². The smallest absolute Gasteiger partial charge is 0.311 e.